The number of piperidine rings is 1. The molecule has 1 saturated heterocycles. The number of methoxy groups -OCH3 is 2. The van der Waals surface area contributed by atoms with Crippen LogP contribution in [0.3, 0.4) is 0 Å². The molecule has 0 amide bonds. The van der Waals surface area contributed by atoms with Gasteiger partial charge in [-0.25, -0.2) is 0 Å². The van der Waals surface area contributed by atoms with Crippen LogP contribution in [0.15, 0.2) is 18.2 Å². The van der Waals surface area contributed by atoms with Crippen LogP contribution >= 0.6 is 0 Å². The maximum atomic E-state index is 6.02. The molecule has 1 aromatic carbocycles. The molecule has 3 atom stereocenters. The lowest BCUT2D eigenvalue weighted by Gasteiger charge is -2.43. The molecule has 1 aliphatic heterocycles. The SMILES string of the molecule is COc1ccc(C(C)N2CCCC(C)C2CN)cc1OC. The van der Waals surface area contributed by atoms with Gasteiger partial charge in [-0.3, -0.25) is 4.90 Å². The van der Waals surface area contributed by atoms with Gasteiger partial charge in [0.15, 0.2) is 11.5 Å². The minimum Gasteiger partial charge on any atom is -0.493 e. The molecule has 4 heteroatoms. The molecule has 0 saturated carbocycles. The highest BCUT2D eigenvalue weighted by atomic mass is 16.5. The van der Waals surface area contributed by atoms with Crippen LogP contribution in [-0.4, -0.2) is 38.3 Å². The highest BCUT2D eigenvalue weighted by molar-refractivity contribution is 5.43. The third kappa shape index (κ3) is 3.33. The van der Waals surface area contributed by atoms with E-state index >= 15 is 0 Å². The Hall–Kier alpha value is -1.26. The summed E-state index contributed by atoms with van der Waals surface area (Å²) in [6, 6.07) is 6.98. The maximum absolute atomic E-state index is 6.02. The van der Waals surface area contributed by atoms with Crippen molar-refractivity contribution in [3.63, 3.8) is 0 Å². The third-order valence-corrected chi connectivity index (χ3v) is 4.79. The summed E-state index contributed by atoms with van der Waals surface area (Å²) in [6.45, 7) is 6.40. The summed E-state index contributed by atoms with van der Waals surface area (Å²) in [7, 11) is 3.34. The molecule has 1 aromatic rings. The van der Waals surface area contributed by atoms with E-state index < -0.39 is 0 Å². The standard InChI is InChI=1S/C17H28N2O2/c1-12-6-5-9-19(15(12)11-18)13(2)14-7-8-16(20-3)17(10-14)21-4/h7-8,10,12-13,15H,5-6,9,11,18H2,1-4H3. The summed E-state index contributed by atoms with van der Waals surface area (Å²) in [5.41, 5.74) is 7.27. The number of benzene rings is 1. The first-order valence-electron chi connectivity index (χ1n) is 7.80. The molecule has 0 aliphatic carbocycles. The Bertz CT molecular complexity index is 464. The van der Waals surface area contributed by atoms with E-state index in [1.807, 2.05) is 6.07 Å². The first-order valence-corrected chi connectivity index (χ1v) is 7.80. The largest absolute Gasteiger partial charge is 0.493 e. The van der Waals surface area contributed by atoms with Crippen molar-refractivity contribution < 1.29 is 9.47 Å². The van der Waals surface area contributed by atoms with Gasteiger partial charge in [0.05, 0.1) is 14.2 Å². The second-order valence-corrected chi connectivity index (χ2v) is 5.95. The van der Waals surface area contributed by atoms with Crippen LogP contribution in [0.5, 0.6) is 11.5 Å². The number of rotatable bonds is 5. The smallest absolute Gasteiger partial charge is 0.161 e. The van der Waals surface area contributed by atoms with E-state index in [9.17, 15) is 0 Å². The topological polar surface area (TPSA) is 47.7 Å². The molecule has 3 unspecified atom stereocenters. The summed E-state index contributed by atoms with van der Waals surface area (Å²) in [4.78, 5) is 2.54. The summed E-state index contributed by atoms with van der Waals surface area (Å²) >= 11 is 0. The van der Waals surface area contributed by atoms with Gasteiger partial charge in [0.25, 0.3) is 0 Å². The zero-order valence-corrected chi connectivity index (χ0v) is 13.6. The van der Waals surface area contributed by atoms with E-state index in [0.29, 0.717) is 18.0 Å². The van der Waals surface area contributed by atoms with Crippen LogP contribution < -0.4 is 15.2 Å². The summed E-state index contributed by atoms with van der Waals surface area (Å²) in [5.74, 6) is 2.22. The molecule has 0 spiro atoms. The number of ether oxygens (including phenoxy) is 2. The molecule has 118 valence electrons. The predicted octanol–water partition coefficient (Wildman–Crippen LogP) is 2.82. The van der Waals surface area contributed by atoms with Crippen molar-refractivity contribution >= 4 is 0 Å². The number of nitrogens with zero attached hydrogens (tertiary/aromatic N) is 1. The van der Waals surface area contributed by atoms with Gasteiger partial charge in [-0.15, -0.1) is 0 Å². The predicted molar refractivity (Wildman–Crippen MR) is 85.9 cm³/mol. The fourth-order valence-electron chi connectivity index (χ4n) is 3.43. The molecule has 0 aromatic heterocycles. The molecule has 2 N–H and O–H groups in total. The molecule has 1 heterocycles. The van der Waals surface area contributed by atoms with Gasteiger partial charge in [0.1, 0.15) is 0 Å². The van der Waals surface area contributed by atoms with Gasteiger partial charge in [-0.1, -0.05) is 13.0 Å². The molecule has 1 aliphatic rings. The Kier molecular flexibility index (Phi) is 5.48. The van der Waals surface area contributed by atoms with Crippen molar-refractivity contribution in [2.75, 3.05) is 27.3 Å². The highest BCUT2D eigenvalue weighted by Crippen LogP contribution is 2.35. The highest BCUT2D eigenvalue weighted by Gasteiger charge is 2.31. The molecule has 0 radical (unpaired) electrons. The van der Waals surface area contributed by atoms with Crippen LogP contribution in [0.4, 0.5) is 0 Å². The van der Waals surface area contributed by atoms with Crippen molar-refractivity contribution in [3.8, 4) is 11.5 Å². The molecule has 4 nitrogen and oxygen atoms in total. The maximum Gasteiger partial charge on any atom is 0.161 e. The molecule has 21 heavy (non-hydrogen) atoms. The molecular formula is C17H28N2O2. The van der Waals surface area contributed by atoms with E-state index in [-0.39, 0.29) is 0 Å². The quantitative estimate of drug-likeness (QED) is 0.906. The van der Waals surface area contributed by atoms with Crippen LogP contribution in [0.2, 0.25) is 0 Å². The van der Waals surface area contributed by atoms with E-state index in [2.05, 4.69) is 30.9 Å². The van der Waals surface area contributed by atoms with Crippen molar-refractivity contribution in [1.29, 1.82) is 0 Å². The summed E-state index contributed by atoms with van der Waals surface area (Å²) in [6.07, 6.45) is 2.52. The Morgan fingerprint density at radius 2 is 2.00 bits per heavy atom. The fraction of sp³-hybridized carbons (Fsp3) is 0.647. The van der Waals surface area contributed by atoms with Gasteiger partial charge >= 0.3 is 0 Å². The lowest BCUT2D eigenvalue weighted by molar-refractivity contribution is 0.0688. The Balaban J connectivity index is 2.24. The van der Waals surface area contributed by atoms with Crippen LogP contribution in [0, 0.1) is 5.92 Å². The molecule has 1 fully saturated rings. The zero-order chi connectivity index (χ0) is 15.4. The van der Waals surface area contributed by atoms with E-state index in [1.165, 1.54) is 18.4 Å². The normalized spacial score (nSPS) is 24.6. The first kappa shape index (κ1) is 16.1. The second kappa shape index (κ2) is 7.14. The van der Waals surface area contributed by atoms with Crippen LogP contribution in [0.25, 0.3) is 0 Å². The van der Waals surface area contributed by atoms with Crippen LogP contribution in [0.1, 0.15) is 38.3 Å². The monoisotopic (exact) mass is 292 g/mol. The van der Waals surface area contributed by atoms with E-state index in [4.69, 9.17) is 15.2 Å². The average molecular weight is 292 g/mol. The minimum absolute atomic E-state index is 0.334. The van der Waals surface area contributed by atoms with Gasteiger partial charge < -0.3 is 15.2 Å². The molecule has 0 bridgehead atoms. The zero-order valence-electron chi connectivity index (χ0n) is 13.6. The Morgan fingerprint density at radius 1 is 1.29 bits per heavy atom. The summed E-state index contributed by atoms with van der Waals surface area (Å²) < 4.78 is 10.7. The van der Waals surface area contributed by atoms with Crippen molar-refractivity contribution in [2.24, 2.45) is 11.7 Å². The van der Waals surface area contributed by atoms with E-state index in [1.54, 1.807) is 14.2 Å². The Morgan fingerprint density at radius 3 is 2.62 bits per heavy atom. The Labute approximate surface area is 128 Å². The van der Waals surface area contributed by atoms with Crippen molar-refractivity contribution in [2.45, 2.75) is 38.8 Å². The van der Waals surface area contributed by atoms with Gasteiger partial charge in [-0.05, 0) is 49.9 Å². The lowest BCUT2D eigenvalue weighted by Crippen LogP contribution is -2.49. The summed E-state index contributed by atoms with van der Waals surface area (Å²) in [5, 5.41) is 0. The fourth-order valence-corrected chi connectivity index (χ4v) is 3.43. The second-order valence-electron chi connectivity index (χ2n) is 5.95. The van der Waals surface area contributed by atoms with Gasteiger partial charge in [-0.2, -0.15) is 0 Å². The lowest BCUT2D eigenvalue weighted by atomic mass is 9.88. The first-order chi connectivity index (χ1) is 10.1. The van der Waals surface area contributed by atoms with Gasteiger partial charge in [0, 0.05) is 18.6 Å². The van der Waals surface area contributed by atoms with Crippen LogP contribution in [-0.2, 0) is 0 Å². The van der Waals surface area contributed by atoms with E-state index in [0.717, 1.165) is 24.6 Å². The molecular weight excluding hydrogens is 264 g/mol. The average Bonchev–Trinajstić information content (AvgIpc) is 2.53. The molecule has 2 rings (SSSR count). The van der Waals surface area contributed by atoms with Crippen molar-refractivity contribution in [3.05, 3.63) is 23.8 Å². The number of hydrogen-bond donors (Lipinski definition) is 1. The third-order valence-electron chi connectivity index (χ3n) is 4.79. The van der Waals surface area contributed by atoms with Crippen molar-refractivity contribution in [1.82, 2.24) is 4.90 Å². The minimum atomic E-state index is 0.334. The number of hydrogen-bond acceptors (Lipinski definition) is 4. The number of nitrogens with two attached hydrogens (primary N) is 1. The number of likely N-dealkylation sites (tertiary alicyclic amines) is 1. The van der Waals surface area contributed by atoms with Gasteiger partial charge in [0.2, 0.25) is 0 Å².